The third kappa shape index (κ3) is 3.91. The summed E-state index contributed by atoms with van der Waals surface area (Å²) in [7, 11) is 4.60. The number of aromatic nitrogens is 1. The molecule has 7 nitrogen and oxygen atoms in total. The number of nitriles is 1. The normalized spacial score (nSPS) is 10.4. The molecule has 0 saturated heterocycles. The van der Waals surface area contributed by atoms with Crippen LogP contribution >= 0.6 is 0 Å². The molecule has 2 N–H and O–H groups in total. The van der Waals surface area contributed by atoms with Gasteiger partial charge in [0.05, 0.1) is 26.9 Å². The molecule has 0 saturated carbocycles. The average Bonchev–Trinajstić information content (AvgIpc) is 3.05. The zero-order valence-electron chi connectivity index (χ0n) is 16.4. The summed E-state index contributed by atoms with van der Waals surface area (Å²) in [6.45, 7) is 4.83. The van der Waals surface area contributed by atoms with Gasteiger partial charge in [-0.25, -0.2) is 0 Å². The molecule has 1 aromatic carbocycles. The van der Waals surface area contributed by atoms with Crippen molar-refractivity contribution in [2.24, 2.45) is 0 Å². The first-order valence-electron chi connectivity index (χ1n) is 8.69. The number of Topliss-reactive ketones (excluding diaryl/α,β-unsaturated/α-hetero) is 1. The van der Waals surface area contributed by atoms with Gasteiger partial charge in [0, 0.05) is 23.4 Å². The summed E-state index contributed by atoms with van der Waals surface area (Å²) < 4.78 is 16.4. The molecule has 7 heteroatoms. The van der Waals surface area contributed by atoms with Crippen LogP contribution in [0, 0.1) is 11.3 Å². The van der Waals surface area contributed by atoms with Crippen LogP contribution in [0.2, 0.25) is 0 Å². The van der Waals surface area contributed by atoms with Gasteiger partial charge in [-0.1, -0.05) is 6.92 Å². The van der Waals surface area contributed by atoms with Gasteiger partial charge in [0.2, 0.25) is 5.75 Å². The van der Waals surface area contributed by atoms with E-state index in [0.717, 1.165) is 18.7 Å². The Morgan fingerprint density at radius 3 is 2.41 bits per heavy atom. The van der Waals surface area contributed by atoms with Gasteiger partial charge in [-0.05, 0) is 32.0 Å². The Labute approximate surface area is 159 Å². The molecule has 0 aliphatic carbocycles. The van der Waals surface area contributed by atoms with E-state index < -0.39 is 0 Å². The Balaban J connectivity index is 2.78. The molecule has 0 spiro atoms. The molecule has 0 aliphatic rings. The van der Waals surface area contributed by atoms with E-state index in [2.05, 4.69) is 23.3 Å². The number of hydrogen-bond acceptors (Lipinski definition) is 6. The highest BCUT2D eigenvalue weighted by Crippen LogP contribution is 2.46. The lowest BCUT2D eigenvalue weighted by molar-refractivity contribution is 0.101. The van der Waals surface area contributed by atoms with Gasteiger partial charge in [-0.3, -0.25) is 4.79 Å². The van der Waals surface area contributed by atoms with Crippen molar-refractivity contribution < 1.29 is 19.0 Å². The standard InChI is InChI=1S/C20H25N3O4/c1-6-9-22-11-15-18(17(12(2)24)14(10-21)23-15)13-7-8-16(25-3)20(27-5)19(13)26-4/h7-8,22-23H,6,9,11H2,1-5H3. The molecule has 1 aromatic heterocycles. The monoisotopic (exact) mass is 371 g/mol. The van der Waals surface area contributed by atoms with Crippen LogP contribution in [-0.2, 0) is 6.54 Å². The van der Waals surface area contributed by atoms with E-state index >= 15 is 0 Å². The first kappa shape index (κ1) is 20.3. The summed E-state index contributed by atoms with van der Waals surface area (Å²) in [4.78, 5) is 15.4. The molecule has 0 fully saturated rings. The molecule has 0 atom stereocenters. The van der Waals surface area contributed by atoms with Gasteiger partial charge < -0.3 is 24.5 Å². The summed E-state index contributed by atoms with van der Waals surface area (Å²) in [5.41, 5.74) is 2.63. The van der Waals surface area contributed by atoms with E-state index in [4.69, 9.17) is 14.2 Å². The number of aromatic amines is 1. The molecule has 144 valence electrons. The maximum Gasteiger partial charge on any atom is 0.203 e. The van der Waals surface area contributed by atoms with Gasteiger partial charge in [0.25, 0.3) is 0 Å². The topological polar surface area (TPSA) is 96.4 Å². The Morgan fingerprint density at radius 2 is 1.89 bits per heavy atom. The highest BCUT2D eigenvalue weighted by atomic mass is 16.5. The van der Waals surface area contributed by atoms with Crippen LogP contribution in [0.5, 0.6) is 17.2 Å². The predicted molar refractivity (Wildman–Crippen MR) is 103 cm³/mol. The van der Waals surface area contributed by atoms with Crippen molar-refractivity contribution in [1.29, 1.82) is 5.26 Å². The van der Waals surface area contributed by atoms with Gasteiger partial charge in [0.15, 0.2) is 17.3 Å². The van der Waals surface area contributed by atoms with Gasteiger partial charge in [0.1, 0.15) is 11.8 Å². The number of hydrogen-bond donors (Lipinski definition) is 2. The molecule has 27 heavy (non-hydrogen) atoms. The highest BCUT2D eigenvalue weighted by Gasteiger charge is 2.26. The summed E-state index contributed by atoms with van der Waals surface area (Å²) in [6.07, 6.45) is 0.973. The van der Waals surface area contributed by atoms with E-state index in [1.165, 1.54) is 21.1 Å². The van der Waals surface area contributed by atoms with Crippen LogP contribution < -0.4 is 19.5 Å². The van der Waals surface area contributed by atoms with Crippen molar-refractivity contribution in [2.45, 2.75) is 26.8 Å². The van der Waals surface area contributed by atoms with Crippen molar-refractivity contribution >= 4 is 5.78 Å². The minimum atomic E-state index is -0.198. The third-order valence-electron chi connectivity index (χ3n) is 4.24. The van der Waals surface area contributed by atoms with Gasteiger partial charge in [-0.15, -0.1) is 0 Å². The second-order valence-corrected chi connectivity index (χ2v) is 5.96. The number of H-pyrrole nitrogens is 1. The lowest BCUT2D eigenvalue weighted by Gasteiger charge is -2.17. The quantitative estimate of drug-likeness (QED) is 0.519. The fourth-order valence-electron chi connectivity index (χ4n) is 3.11. The minimum absolute atomic E-state index is 0.198. The molecule has 0 aliphatic heterocycles. The average molecular weight is 371 g/mol. The van der Waals surface area contributed by atoms with E-state index in [1.54, 1.807) is 19.2 Å². The second kappa shape index (κ2) is 9.10. The number of methoxy groups -OCH3 is 3. The van der Waals surface area contributed by atoms with E-state index in [9.17, 15) is 10.1 Å². The van der Waals surface area contributed by atoms with Crippen LogP contribution in [0.1, 0.15) is 42.0 Å². The summed E-state index contributed by atoms with van der Waals surface area (Å²) in [6, 6.07) is 5.64. The molecular formula is C20H25N3O4. The van der Waals surface area contributed by atoms with Crippen LogP contribution in [0.4, 0.5) is 0 Å². The molecule has 2 aromatic rings. The number of nitrogens with one attached hydrogen (secondary N) is 2. The summed E-state index contributed by atoms with van der Waals surface area (Å²) >= 11 is 0. The number of rotatable bonds is 9. The molecular weight excluding hydrogens is 346 g/mol. The molecule has 0 amide bonds. The number of carbonyl (C=O) groups is 1. The first-order valence-corrected chi connectivity index (χ1v) is 8.69. The number of benzene rings is 1. The molecule has 0 unspecified atom stereocenters. The number of ketones is 1. The van der Waals surface area contributed by atoms with Gasteiger partial charge >= 0.3 is 0 Å². The zero-order valence-corrected chi connectivity index (χ0v) is 16.4. The van der Waals surface area contributed by atoms with Crippen molar-refractivity contribution in [2.75, 3.05) is 27.9 Å². The van der Waals surface area contributed by atoms with Crippen molar-refractivity contribution in [1.82, 2.24) is 10.3 Å². The van der Waals surface area contributed by atoms with Crippen LogP contribution in [0.15, 0.2) is 12.1 Å². The van der Waals surface area contributed by atoms with Crippen LogP contribution in [-0.4, -0.2) is 38.6 Å². The van der Waals surface area contributed by atoms with E-state index in [0.29, 0.717) is 40.5 Å². The summed E-state index contributed by atoms with van der Waals surface area (Å²) in [5.74, 6) is 1.19. The smallest absolute Gasteiger partial charge is 0.203 e. The van der Waals surface area contributed by atoms with E-state index in [-0.39, 0.29) is 11.5 Å². The van der Waals surface area contributed by atoms with Gasteiger partial charge in [-0.2, -0.15) is 5.26 Å². The Bertz CT molecular complexity index is 865. The summed E-state index contributed by atoms with van der Waals surface area (Å²) in [5, 5.41) is 12.8. The Morgan fingerprint density at radius 1 is 1.19 bits per heavy atom. The lowest BCUT2D eigenvalue weighted by Crippen LogP contribution is -2.15. The third-order valence-corrected chi connectivity index (χ3v) is 4.24. The van der Waals surface area contributed by atoms with Crippen LogP contribution in [0.3, 0.4) is 0 Å². The van der Waals surface area contributed by atoms with E-state index in [1.807, 2.05) is 0 Å². The fourth-order valence-corrected chi connectivity index (χ4v) is 3.11. The minimum Gasteiger partial charge on any atom is -0.493 e. The SMILES string of the molecule is CCCNCc1[nH]c(C#N)c(C(C)=O)c1-c1ccc(OC)c(OC)c1OC. The fraction of sp³-hybridized carbons (Fsp3) is 0.400. The number of carbonyl (C=O) groups excluding carboxylic acids is 1. The Kier molecular flexibility index (Phi) is 6.85. The number of ether oxygens (including phenoxy) is 3. The largest absolute Gasteiger partial charge is 0.493 e. The second-order valence-electron chi connectivity index (χ2n) is 5.96. The molecule has 2 rings (SSSR count). The van der Waals surface area contributed by atoms with Crippen LogP contribution in [0.25, 0.3) is 11.1 Å². The molecule has 0 radical (unpaired) electrons. The maximum atomic E-state index is 12.4. The highest BCUT2D eigenvalue weighted by molar-refractivity contribution is 6.04. The zero-order chi connectivity index (χ0) is 20.0. The lowest BCUT2D eigenvalue weighted by atomic mass is 9.96. The first-order chi connectivity index (χ1) is 13.0. The predicted octanol–water partition coefficient (Wildman–Crippen LogP) is 3.28. The van der Waals surface area contributed by atoms with Crippen molar-refractivity contribution in [3.8, 4) is 34.4 Å². The molecule has 0 bridgehead atoms. The maximum absolute atomic E-state index is 12.4. The molecule has 1 heterocycles. The Hall–Kier alpha value is -2.98. The van der Waals surface area contributed by atoms with Crippen molar-refractivity contribution in [3.05, 3.63) is 29.1 Å². The number of nitrogens with zero attached hydrogens (tertiary/aromatic N) is 1. The van der Waals surface area contributed by atoms with Crippen molar-refractivity contribution in [3.63, 3.8) is 0 Å².